The molecular formula is C27H19F5N4O4S2. The van der Waals surface area contributed by atoms with E-state index >= 15 is 0 Å². The third-order valence-corrected chi connectivity index (χ3v) is 8.18. The van der Waals surface area contributed by atoms with Gasteiger partial charge in [0.05, 0.1) is 17.0 Å². The first-order valence-electron chi connectivity index (χ1n) is 12.2. The number of thiazole rings is 1. The lowest BCUT2D eigenvalue weighted by atomic mass is 9.96. The van der Waals surface area contributed by atoms with Crippen molar-refractivity contribution >= 4 is 27.3 Å². The Kier molecular flexibility index (Phi) is 7.64. The summed E-state index contributed by atoms with van der Waals surface area (Å²) in [7, 11) is -4.33. The Balaban J connectivity index is 1.70. The maximum Gasteiger partial charge on any atom is 0.458 e. The van der Waals surface area contributed by atoms with Crippen LogP contribution in [0.5, 0.6) is 0 Å². The van der Waals surface area contributed by atoms with Crippen molar-refractivity contribution in [2.24, 2.45) is 11.1 Å². The lowest BCUT2D eigenvalue weighted by molar-refractivity contribution is -0.0696. The highest BCUT2D eigenvalue weighted by atomic mass is 32.2. The second kappa shape index (κ2) is 10.9. The second-order valence-corrected chi connectivity index (χ2v) is 11.9. The van der Waals surface area contributed by atoms with Crippen molar-refractivity contribution < 1.29 is 40.3 Å². The monoisotopic (exact) mass is 622 g/mol. The molecule has 42 heavy (non-hydrogen) atoms. The second-order valence-electron chi connectivity index (χ2n) is 9.58. The summed E-state index contributed by atoms with van der Waals surface area (Å²) in [6, 6.07) is 6.75. The SMILES string of the molecule is NS(=O)(=O)c1ccc(Cc2c(-c3ccc(F)c(C#CC(F)(F)F)c3)nn(-c3nc(C(=O)O)cs3)c2CC2CC2)cc1F. The molecule has 0 amide bonds. The molecule has 1 aliphatic carbocycles. The number of carboxylic acid groups (broad SMARTS) is 1. The minimum absolute atomic E-state index is 0.0166. The van der Waals surface area contributed by atoms with Crippen LogP contribution in [0.15, 0.2) is 46.7 Å². The zero-order valence-electron chi connectivity index (χ0n) is 21.2. The summed E-state index contributed by atoms with van der Waals surface area (Å²) in [5, 5.41) is 20.6. The zero-order valence-corrected chi connectivity index (χ0v) is 22.9. The number of aromatic nitrogens is 3. The van der Waals surface area contributed by atoms with Crippen LogP contribution in [0.25, 0.3) is 16.4 Å². The minimum Gasteiger partial charge on any atom is -0.476 e. The van der Waals surface area contributed by atoms with Crippen molar-refractivity contribution in [2.45, 2.75) is 36.8 Å². The highest BCUT2D eigenvalue weighted by Crippen LogP contribution is 2.38. The smallest absolute Gasteiger partial charge is 0.458 e. The molecule has 3 N–H and O–H groups in total. The largest absolute Gasteiger partial charge is 0.476 e. The molecule has 1 aliphatic rings. The number of halogens is 5. The Morgan fingerprint density at radius 3 is 2.48 bits per heavy atom. The van der Waals surface area contributed by atoms with Crippen LogP contribution < -0.4 is 5.14 Å². The third kappa shape index (κ3) is 6.51. The van der Waals surface area contributed by atoms with E-state index in [2.05, 4.69) is 10.1 Å². The van der Waals surface area contributed by atoms with E-state index in [1.54, 1.807) is 5.92 Å². The molecule has 2 heterocycles. The Bertz CT molecular complexity index is 1880. The van der Waals surface area contributed by atoms with E-state index in [1.165, 1.54) is 22.2 Å². The molecule has 0 saturated heterocycles. The van der Waals surface area contributed by atoms with Gasteiger partial charge in [0.25, 0.3) is 0 Å². The van der Waals surface area contributed by atoms with Crippen LogP contribution in [0.3, 0.4) is 0 Å². The first-order chi connectivity index (χ1) is 19.7. The summed E-state index contributed by atoms with van der Waals surface area (Å²) < 4.78 is 92.2. The fourth-order valence-corrected chi connectivity index (χ4v) is 5.68. The summed E-state index contributed by atoms with van der Waals surface area (Å²) in [4.78, 5) is 14.9. The highest BCUT2D eigenvalue weighted by molar-refractivity contribution is 7.89. The van der Waals surface area contributed by atoms with Gasteiger partial charge >= 0.3 is 12.1 Å². The van der Waals surface area contributed by atoms with Crippen molar-refractivity contribution in [1.29, 1.82) is 0 Å². The fourth-order valence-electron chi connectivity index (χ4n) is 4.32. The molecule has 5 rings (SSSR count). The van der Waals surface area contributed by atoms with Crippen molar-refractivity contribution in [2.75, 3.05) is 0 Å². The van der Waals surface area contributed by atoms with Crippen LogP contribution in [-0.4, -0.2) is 40.4 Å². The Morgan fingerprint density at radius 1 is 1.14 bits per heavy atom. The summed E-state index contributed by atoms with van der Waals surface area (Å²) >= 11 is 1.00. The maximum atomic E-state index is 14.7. The standard InChI is InChI=1S/C27H19F5N4O4S2/c28-19-5-4-17(12-16(19)7-8-27(30,31)32)24-18(9-15-3-6-23(20(29)10-15)42(33,39)40)22(11-14-1-2-14)36(35-24)26-34-21(13-41-26)25(37)38/h3-6,10,12-14H,1-2,9,11H2,(H,37,38)(H2,33,39,40). The number of hydrogen-bond donors (Lipinski definition) is 2. The average Bonchev–Trinajstić information content (AvgIpc) is 3.45. The molecule has 2 aromatic carbocycles. The number of hydrogen-bond acceptors (Lipinski definition) is 6. The molecule has 218 valence electrons. The lowest BCUT2D eigenvalue weighted by Gasteiger charge is -2.10. The third-order valence-electron chi connectivity index (χ3n) is 6.42. The van der Waals surface area contributed by atoms with Gasteiger partial charge in [-0.25, -0.2) is 36.8 Å². The number of nitrogens with zero attached hydrogens (tertiary/aromatic N) is 3. The number of benzene rings is 2. The van der Waals surface area contributed by atoms with Gasteiger partial charge in [0.15, 0.2) is 5.69 Å². The summed E-state index contributed by atoms with van der Waals surface area (Å²) in [5.74, 6) is -0.226. The fraction of sp³-hybridized carbons (Fsp3) is 0.222. The topological polar surface area (TPSA) is 128 Å². The number of carboxylic acids is 1. The number of primary sulfonamides is 1. The van der Waals surface area contributed by atoms with Crippen LogP contribution in [0.4, 0.5) is 22.0 Å². The van der Waals surface area contributed by atoms with Gasteiger partial charge in [-0.05, 0) is 61.1 Å². The average molecular weight is 623 g/mol. The molecule has 8 nitrogen and oxygen atoms in total. The molecule has 2 aromatic heterocycles. The molecule has 4 aromatic rings. The number of aromatic carboxylic acids is 1. The normalized spacial score (nSPS) is 13.6. The molecular weight excluding hydrogens is 603 g/mol. The summed E-state index contributed by atoms with van der Waals surface area (Å²) in [5.41, 5.74) is 1.04. The summed E-state index contributed by atoms with van der Waals surface area (Å²) in [6.45, 7) is 0. The summed E-state index contributed by atoms with van der Waals surface area (Å²) in [6.07, 6.45) is -2.60. The Hall–Kier alpha value is -4.13. The number of nitrogens with two attached hydrogens (primary N) is 1. The number of rotatable bonds is 8. The Labute approximate surface area is 239 Å². The predicted octanol–water partition coefficient (Wildman–Crippen LogP) is 5.08. The lowest BCUT2D eigenvalue weighted by Crippen LogP contribution is -2.14. The molecule has 0 atom stereocenters. The number of sulfonamides is 1. The zero-order chi connectivity index (χ0) is 30.4. The van der Waals surface area contributed by atoms with E-state index in [0.29, 0.717) is 23.2 Å². The van der Waals surface area contributed by atoms with E-state index < -0.39 is 44.3 Å². The van der Waals surface area contributed by atoms with Crippen LogP contribution in [0.1, 0.15) is 45.7 Å². The number of carbonyl (C=O) groups is 1. The van der Waals surface area contributed by atoms with Gasteiger partial charge in [-0.1, -0.05) is 12.0 Å². The quantitative estimate of drug-likeness (QED) is 0.209. The van der Waals surface area contributed by atoms with Gasteiger partial charge in [-0.3, -0.25) is 0 Å². The van der Waals surface area contributed by atoms with Crippen molar-refractivity contribution in [3.8, 4) is 28.2 Å². The minimum atomic E-state index is -4.85. The molecule has 1 fully saturated rings. The van der Waals surface area contributed by atoms with Gasteiger partial charge in [-0.15, -0.1) is 11.3 Å². The van der Waals surface area contributed by atoms with E-state index in [-0.39, 0.29) is 34.4 Å². The van der Waals surface area contributed by atoms with Gasteiger partial charge in [0.2, 0.25) is 15.2 Å². The van der Waals surface area contributed by atoms with Gasteiger partial charge < -0.3 is 5.11 Å². The van der Waals surface area contributed by atoms with Crippen LogP contribution in [0.2, 0.25) is 0 Å². The highest BCUT2D eigenvalue weighted by Gasteiger charge is 2.30. The van der Waals surface area contributed by atoms with Crippen molar-refractivity contribution in [3.05, 3.63) is 81.5 Å². The van der Waals surface area contributed by atoms with Gasteiger partial charge in [0, 0.05) is 28.8 Å². The molecule has 1 saturated carbocycles. The molecule has 0 bridgehead atoms. The maximum absolute atomic E-state index is 14.7. The predicted molar refractivity (Wildman–Crippen MR) is 142 cm³/mol. The first-order valence-corrected chi connectivity index (χ1v) is 14.6. The van der Waals surface area contributed by atoms with E-state index in [1.807, 2.05) is 0 Å². The molecule has 0 spiro atoms. The molecule has 15 heteroatoms. The first kappa shape index (κ1) is 29.4. The van der Waals surface area contributed by atoms with E-state index in [9.17, 15) is 40.3 Å². The van der Waals surface area contributed by atoms with Crippen LogP contribution >= 0.6 is 11.3 Å². The molecule has 0 unspecified atom stereocenters. The van der Waals surface area contributed by atoms with Crippen LogP contribution in [-0.2, 0) is 22.9 Å². The van der Waals surface area contributed by atoms with E-state index in [4.69, 9.17) is 5.14 Å². The van der Waals surface area contributed by atoms with Crippen molar-refractivity contribution in [3.63, 3.8) is 0 Å². The Morgan fingerprint density at radius 2 is 1.88 bits per heavy atom. The number of alkyl halides is 3. The van der Waals surface area contributed by atoms with Crippen LogP contribution in [0, 0.1) is 29.4 Å². The van der Waals surface area contributed by atoms with Gasteiger partial charge in [0.1, 0.15) is 16.5 Å². The van der Waals surface area contributed by atoms with Crippen molar-refractivity contribution in [1.82, 2.24) is 14.8 Å². The molecule has 0 radical (unpaired) electrons. The molecule has 0 aliphatic heterocycles. The van der Waals surface area contributed by atoms with E-state index in [0.717, 1.165) is 54.4 Å². The van der Waals surface area contributed by atoms with Gasteiger partial charge in [-0.2, -0.15) is 18.3 Å².